The van der Waals surface area contributed by atoms with Crippen molar-refractivity contribution in [3.8, 4) is 11.6 Å². The molecule has 0 saturated carbocycles. The van der Waals surface area contributed by atoms with Gasteiger partial charge in [-0.15, -0.1) is 0 Å². The predicted molar refractivity (Wildman–Crippen MR) is 91.2 cm³/mol. The molecule has 0 fully saturated rings. The number of rotatable bonds is 4. The van der Waals surface area contributed by atoms with Crippen molar-refractivity contribution in [2.24, 2.45) is 0 Å². The number of fused-ring (bicyclic) bond motifs is 1. The predicted octanol–water partition coefficient (Wildman–Crippen LogP) is 3.97. The maximum Gasteiger partial charge on any atom is 0.273 e. The first-order valence-corrected chi connectivity index (χ1v) is 10.2. The third-order valence-corrected chi connectivity index (χ3v) is 4.72. The van der Waals surface area contributed by atoms with Crippen molar-refractivity contribution in [1.29, 1.82) is 0 Å². The SMILES string of the molecule is O=[N+]([O-])c1cccc(Oc2nc(Cl)nc3c2cnn3PI)c1. The van der Waals surface area contributed by atoms with E-state index >= 15 is 0 Å². The first-order chi connectivity index (χ1) is 10.6. The van der Waals surface area contributed by atoms with Gasteiger partial charge in [-0.2, -0.15) is 15.1 Å². The standard InChI is InChI=1S/C11H6ClIN5O3P/c12-11-15-9-8(5-14-17(9)22-13)10(16-11)21-7-3-1-2-6(4-7)18(19)20/h1-5,22H. The lowest BCUT2D eigenvalue weighted by atomic mass is 10.3. The van der Waals surface area contributed by atoms with Crippen LogP contribution in [-0.2, 0) is 0 Å². The van der Waals surface area contributed by atoms with E-state index in [0.29, 0.717) is 17.4 Å². The van der Waals surface area contributed by atoms with Crippen LogP contribution in [0.4, 0.5) is 5.69 Å². The molecular weight excluding hydrogens is 443 g/mol. The number of nitrogens with zero attached hydrogens (tertiary/aromatic N) is 5. The van der Waals surface area contributed by atoms with Gasteiger partial charge in [0.05, 0.1) is 23.6 Å². The van der Waals surface area contributed by atoms with E-state index in [0.717, 1.165) is 0 Å². The van der Waals surface area contributed by atoms with Gasteiger partial charge >= 0.3 is 0 Å². The van der Waals surface area contributed by atoms with E-state index in [1.807, 2.05) is 0 Å². The average molecular weight is 450 g/mol. The summed E-state index contributed by atoms with van der Waals surface area (Å²) in [6.07, 6.45) is 1.92. The summed E-state index contributed by atoms with van der Waals surface area (Å²) in [6.45, 7) is 0. The Morgan fingerprint density at radius 2 is 2.23 bits per heavy atom. The minimum atomic E-state index is -0.495. The number of halogens is 2. The quantitative estimate of drug-likeness (QED) is 0.197. The molecule has 2 aromatic heterocycles. The van der Waals surface area contributed by atoms with Gasteiger partial charge in [0.2, 0.25) is 11.2 Å². The summed E-state index contributed by atoms with van der Waals surface area (Å²) < 4.78 is 7.30. The fourth-order valence-electron chi connectivity index (χ4n) is 1.77. The molecule has 3 rings (SSSR count). The van der Waals surface area contributed by atoms with Gasteiger partial charge in [0.1, 0.15) is 11.1 Å². The largest absolute Gasteiger partial charge is 0.438 e. The van der Waals surface area contributed by atoms with Crippen molar-refractivity contribution < 1.29 is 9.66 Å². The highest BCUT2D eigenvalue weighted by Crippen LogP contribution is 2.33. The molecule has 2 heterocycles. The lowest BCUT2D eigenvalue weighted by Crippen LogP contribution is -1.94. The summed E-state index contributed by atoms with van der Waals surface area (Å²) >= 11 is 8.07. The molecule has 22 heavy (non-hydrogen) atoms. The number of nitro groups is 1. The molecule has 0 saturated heterocycles. The smallest absolute Gasteiger partial charge is 0.273 e. The van der Waals surface area contributed by atoms with E-state index in [2.05, 4.69) is 37.1 Å². The molecule has 0 aliphatic rings. The van der Waals surface area contributed by atoms with E-state index in [4.69, 9.17) is 16.3 Å². The second-order valence-corrected chi connectivity index (χ2v) is 6.41. The summed E-state index contributed by atoms with van der Waals surface area (Å²) in [5.41, 5.74) is 0.478. The maximum atomic E-state index is 10.8. The molecule has 0 aliphatic carbocycles. The van der Waals surface area contributed by atoms with Crippen LogP contribution in [0.1, 0.15) is 0 Å². The van der Waals surface area contributed by atoms with Crippen LogP contribution in [0, 0.1) is 10.1 Å². The van der Waals surface area contributed by atoms with Crippen molar-refractivity contribution in [3.63, 3.8) is 0 Å². The molecular formula is C11H6ClIN5O3P. The second kappa shape index (κ2) is 6.27. The summed E-state index contributed by atoms with van der Waals surface area (Å²) in [7, 11) is 0. The van der Waals surface area contributed by atoms with Gasteiger partial charge in [0.15, 0.2) is 5.65 Å². The van der Waals surface area contributed by atoms with Crippen molar-refractivity contribution >= 4 is 56.7 Å². The van der Waals surface area contributed by atoms with E-state index in [-0.39, 0.29) is 22.6 Å². The first kappa shape index (κ1) is 15.3. The number of hydrogen-bond acceptors (Lipinski definition) is 6. The van der Waals surface area contributed by atoms with Crippen LogP contribution in [-0.4, -0.2) is 24.4 Å². The third-order valence-electron chi connectivity index (χ3n) is 2.69. The number of ether oxygens (including phenoxy) is 1. The second-order valence-electron chi connectivity index (χ2n) is 4.03. The van der Waals surface area contributed by atoms with Crippen molar-refractivity contribution in [2.45, 2.75) is 0 Å². The number of non-ortho nitro benzene ring substituents is 1. The monoisotopic (exact) mass is 449 g/mol. The number of nitro benzene ring substituents is 1. The Balaban J connectivity index is 2.05. The van der Waals surface area contributed by atoms with Gasteiger partial charge in [0.25, 0.3) is 5.69 Å². The van der Waals surface area contributed by atoms with Crippen LogP contribution in [0.15, 0.2) is 30.5 Å². The number of hydrogen-bond donors (Lipinski definition) is 0. The molecule has 3 aromatic rings. The van der Waals surface area contributed by atoms with Crippen LogP contribution < -0.4 is 4.74 Å². The normalized spacial score (nSPS) is 11.4. The van der Waals surface area contributed by atoms with Crippen molar-refractivity contribution in [2.75, 3.05) is 0 Å². The van der Waals surface area contributed by atoms with Gasteiger partial charge in [0, 0.05) is 6.07 Å². The van der Waals surface area contributed by atoms with E-state index < -0.39 is 4.92 Å². The maximum absolute atomic E-state index is 10.8. The molecule has 112 valence electrons. The zero-order valence-corrected chi connectivity index (χ0v) is 14.5. The van der Waals surface area contributed by atoms with Crippen molar-refractivity contribution in [3.05, 3.63) is 45.9 Å². The zero-order valence-electron chi connectivity index (χ0n) is 10.6. The molecule has 11 heteroatoms. The van der Waals surface area contributed by atoms with E-state index in [9.17, 15) is 10.1 Å². The Hall–Kier alpha value is -1.58. The van der Waals surface area contributed by atoms with Crippen LogP contribution >= 0.6 is 40.0 Å². The summed E-state index contributed by atoms with van der Waals surface area (Å²) in [4.78, 5) is 18.5. The number of aromatic nitrogens is 4. The molecule has 0 radical (unpaired) electrons. The first-order valence-electron chi connectivity index (χ1n) is 5.78. The molecule has 0 aliphatic heterocycles. The highest BCUT2D eigenvalue weighted by molar-refractivity contribution is 14.2. The minimum Gasteiger partial charge on any atom is -0.438 e. The highest BCUT2D eigenvalue weighted by Gasteiger charge is 2.15. The Bertz CT molecular complexity index is 874. The molecule has 1 unspecified atom stereocenters. The van der Waals surface area contributed by atoms with Gasteiger partial charge in [-0.05, 0) is 39.7 Å². The van der Waals surface area contributed by atoms with Crippen LogP contribution in [0.5, 0.6) is 11.6 Å². The van der Waals surface area contributed by atoms with Gasteiger partial charge in [-0.25, -0.2) is 4.45 Å². The lowest BCUT2D eigenvalue weighted by molar-refractivity contribution is -0.384. The van der Waals surface area contributed by atoms with Crippen LogP contribution in [0.25, 0.3) is 11.0 Å². The summed E-state index contributed by atoms with van der Waals surface area (Å²) in [5.74, 6) is 0.492. The van der Waals surface area contributed by atoms with Gasteiger partial charge < -0.3 is 4.74 Å². The van der Waals surface area contributed by atoms with Crippen LogP contribution in [0.3, 0.4) is 0 Å². The fraction of sp³-hybridized carbons (Fsp3) is 0. The highest BCUT2D eigenvalue weighted by atomic mass is 127. The Kier molecular flexibility index (Phi) is 4.37. The van der Waals surface area contributed by atoms with E-state index in [1.165, 1.54) is 18.2 Å². The lowest BCUT2D eigenvalue weighted by Gasteiger charge is -2.06. The molecule has 8 nitrogen and oxygen atoms in total. The fourth-order valence-corrected chi connectivity index (χ4v) is 3.34. The van der Waals surface area contributed by atoms with Gasteiger partial charge in [-0.3, -0.25) is 10.1 Å². The molecule has 0 N–H and O–H groups in total. The van der Waals surface area contributed by atoms with Gasteiger partial charge in [-0.1, -0.05) is 6.07 Å². The summed E-state index contributed by atoms with van der Waals surface area (Å²) in [5, 5.41) is 15.6. The third kappa shape index (κ3) is 2.96. The Labute approximate surface area is 143 Å². The molecule has 1 aromatic carbocycles. The van der Waals surface area contributed by atoms with Crippen LogP contribution in [0.2, 0.25) is 5.28 Å². The molecule has 0 bridgehead atoms. The zero-order chi connectivity index (χ0) is 15.7. The Morgan fingerprint density at radius 1 is 1.41 bits per heavy atom. The van der Waals surface area contributed by atoms with Crippen molar-refractivity contribution in [1.82, 2.24) is 19.5 Å². The molecule has 0 amide bonds. The van der Waals surface area contributed by atoms with E-state index in [1.54, 1.807) is 16.7 Å². The molecule has 0 spiro atoms. The summed E-state index contributed by atoms with van der Waals surface area (Å²) in [6, 6.07) is 5.82. The Morgan fingerprint density at radius 3 is 2.95 bits per heavy atom. The molecule has 1 atom stereocenters. The average Bonchev–Trinajstić information content (AvgIpc) is 2.90. The topological polar surface area (TPSA) is 96.0 Å². The number of benzene rings is 1. The minimum absolute atomic E-state index is 0.0179.